The first-order valence-corrected chi connectivity index (χ1v) is 11.4. The Morgan fingerprint density at radius 3 is 2.45 bits per heavy atom. The molecule has 1 N–H and O–H groups in total. The Morgan fingerprint density at radius 2 is 1.79 bits per heavy atom. The molecular formula is C25H29N5O3. The first-order chi connectivity index (χ1) is 15.9. The molecule has 1 fully saturated rings. The highest BCUT2D eigenvalue weighted by Crippen LogP contribution is 2.25. The number of carbonyl (C=O) groups excluding carboxylic acids is 1. The van der Waals surface area contributed by atoms with Crippen molar-refractivity contribution in [2.24, 2.45) is 0 Å². The van der Waals surface area contributed by atoms with Crippen LogP contribution in [0.5, 0.6) is 0 Å². The quantitative estimate of drug-likeness (QED) is 0.431. The minimum Gasteiger partial charge on any atom is -0.349 e. The van der Waals surface area contributed by atoms with Gasteiger partial charge in [-0.25, -0.2) is 4.68 Å². The molecule has 1 saturated heterocycles. The van der Waals surface area contributed by atoms with Gasteiger partial charge in [0.1, 0.15) is 5.69 Å². The molecule has 33 heavy (non-hydrogen) atoms. The number of hydrogen-bond acceptors (Lipinski definition) is 5. The number of nitro groups is 1. The summed E-state index contributed by atoms with van der Waals surface area (Å²) >= 11 is 0. The molecule has 1 aliphatic heterocycles. The third-order valence-electron chi connectivity index (χ3n) is 6.06. The zero-order valence-electron chi connectivity index (χ0n) is 19.1. The van der Waals surface area contributed by atoms with Crippen molar-refractivity contribution in [1.82, 2.24) is 20.0 Å². The average Bonchev–Trinajstić information content (AvgIpc) is 3.25. The van der Waals surface area contributed by atoms with Crippen molar-refractivity contribution in [2.75, 3.05) is 26.2 Å². The lowest BCUT2D eigenvalue weighted by atomic mass is 10.1. The topological polar surface area (TPSA) is 93.3 Å². The Bertz CT molecular complexity index is 1150. The Morgan fingerprint density at radius 1 is 1.06 bits per heavy atom. The lowest BCUT2D eigenvalue weighted by Crippen LogP contribution is -2.38. The summed E-state index contributed by atoms with van der Waals surface area (Å²) in [6.07, 6.45) is 3.71. The summed E-state index contributed by atoms with van der Waals surface area (Å²) in [5.41, 5.74) is 4.73. The van der Waals surface area contributed by atoms with E-state index in [-0.39, 0.29) is 11.6 Å². The van der Waals surface area contributed by atoms with Crippen LogP contribution in [-0.4, -0.2) is 51.7 Å². The maximum atomic E-state index is 13.2. The number of nitrogens with zero attached hydrogens (tertiary/aromatic N) is 4. The molecule has 2 aromatic carbocycles. The summed E-state index contributed by atoms with van der Waals surface area (Å²) in [4.78, 5) is 26.1. The van der Waals surface area contributed by atoms with Crippen LogP contribution in [0.25, 0.3) is 16.9 Å². The van der Waals surface area contributed by atoms with Gasteiger partial charge in [0.05, 0.1) is 16.3 Å². The van der Waals surface area contributed by atoms with E-state index in [9.17, 15) is 14.9 Å². The summed E-state index contributed by atoms with van der Waals surface area (Å²) in [7, 11) is 0. The number of amides is 1. The number of nitro benzene ring substituents is 1. The van der Waals surface area contributed by atoms with Gasteiger partial charge in [-0.05, 0) is 69.6 Å². The molecule has 0 spiro atoms. The van der Waals surface area contributed by atoms with Gasteiger partial charge in [0.25, 0.3) is 11.6 Å². The van der Waals surface area contributed by atoms with Crippen LogP contribution in [0.15, 0.2) is 48.5 Å². The van der Waals surface area contributed by atoms with Crippen molar-refractivity contribution in [1.29, 1.82) is 0 Å². The standard InChI is InChI=1S/C25H29N5O3/c1-18-6-11-23(19(2)16-18)29-24(25(31)26-12-15-28-13-4-3-5-14-28)17-22(27-29)20-7-9-21(10-8-20)30(32)33/h6-11,16-17H,3-5,12-15H2,1-2H3,(H,26,31). The second kappa shape index (κ2) is 9.95. The van der Waals surface area contributed by atoms with E-state index in [0.717, 1.165) is 36.4 Å². The molecule has 8 nitrogen and oxygen atoms in total. The van der Waals surface area contributed by atoms with E-state index in [1.165, 1.54) is 31.4 Å². The van der Waals surface area contributed by atoms with Crippen LogP contribution in [0.1, 0.15) is 40.9 Å². The van der Waals surface area contributed by atoms with Crippen molar-refractivity contribution >= 4 is 11.6 Å². The summed E-state index contributed by atoms with van der Waals surface area (Å²) in [6.45, 7) is 7.59. The number of piperidine rings is 1. The number of carbonyl (C=O) groups is 1. The van der Waals surface area contributed by atoms with Gasteiger partial charge in [-0.2, -0.15) is 5.10 Å². The van der Waals surface area contributed by atoms with E-state index in [2.05, 4.69) is 16.3 Å². The third-order valence-corrected chi connectivity index (χ3v) is 6.06. The Hall–Kier alpha value is -3.52. The SMILES string of the molecule is Cc1ccc(-n2nc(-c3ccc([N+](=O)[O-])cc3)cc2C(=O)NCCN2CCCCC2)c(C)c1. The first kappa shape index (κ1) is 22.7. The van der Waals surface area contributed by atoms with E-state index in [0.29, 0.717) is 23.5 Å². The van der Waals surface area contributed by atoms with E-state index < -0.39 is 4.92 Å². The third kappa shape index (κ3) is 5.28. The van der Waals surface area contributed by atoms with Gasteiger partial charge in [-0.15, -0.1) is 0 Å². The minimum atomic E-state index is -0.431. The zero-order chi connectivity index (χ0) is 23.4. The second-order valence-electron chi connectivity index (χ2n) is 8.58. The molecule has 0 saturated carbocycles. The molecule has 3 aromatic rings. The maximum absolute atomic E-state index is 13.2. The molecule has 172 valence electrons. The van der Waals surface area contributed by atoms with Crippen molar-refractivity contribution in [3.63, 3.8) is 0 Å². The smallest absolute Gasteiger partial charge is 0.270 e. The van der Waals surface area contributed by atoms with Crippen molar-refractivity contribution in [3.05, 3.63) is 75.5 Å². The van der Waals surface area contributed by atoms with Crippen LogP contribution in [0.4, 0.5) is 5.69 Å². The molecule has 4 rings (SSSR count). The molecule has 1 aliphatic rings. The summed E-state index contributed by atoms with van der Waals surface area (Å²) < 4.78 is 1.67. The Kier molecular flexibility index (Phi) is 6.84. The minimum absolute atomic E-state index is 0.0169. The molecular weight excluding hydrogens is 418 g/mol. The molecule has 1 aromatic heterocycles. The molecule has 0 aliphatic carbocycles. The first-order valence-electron chi connectivity index (χ1n) is 11.4. The number of rotatable bonds is 7. The van der Waals surface area contributed by atoms with Crippen LogP contribution >= 0.6 is 0 Å². The van der Waals surface area contributed by atoms with Gasteiger partial charge in [-0.3, -0.25) is 14.9 Å². The van der Waals surface area contributed by atoms with E-state index in [4.69, 9.17) is 5.10 Å². The molecule has 0 bridgehead atoms. The average molecular weight is 448 g/mol. The Balaban J connectivity index is 1.61. The van der Waals surface area contributed by atoms with Crippen LogP contribution in [-0.2, 0) is 0 Å². The number of likely N-dealkylation sites (tertiary alicyclic amines) is 1. The second-order valence-corrected chi connectivity index (χ2v) is 8.58. The van der Waals surface area contributed by atoms with Crippen LogP contribution < -0.4 is 5.32 Å². The summed E-state index contributed by atoms with van der Waals surface area (Å²) in [5.74, 6) is -0.187. The van der Waals surface area contributed by atoms with Crippen LogP contribution in [0.2, 0.25) is 0 Å². The van der Waals surface area contributed by atoms with Crippen LogP contribution in [0.3, 0.4) is 0 Å². The zero-order valence-corrected chi connectivity index (χ0v) is 19.1. The highest BCUT2D eigenvalue weighted by molar-refractivity contribution is 5.94. The number of nitrogens with one attached hydrogen (secondary N) is 1. The number of aryl methyl sites for hydroxylation is 2. The fourth-order valence-corrected chi connectivity index (χ4v) is 4.27. The van der Waals surface area contributed by atoms with Crippen molar-refractivity contribution in [3.8, 4) is 16.9 Å². The predicted octanol–water partition coefficient (Wildman–Crippen LogP) is 4.28. The van der Waals surface area contributed by atoms with Crippen molar-refractivity contribution < 1.29 is 9.72 Å². The van der Waals surface area contributed by atoms with Gasteiger partial charge in [0.15, 0.2) is 0 Å². The highest BCUT2D eigenvalue weighted by Gasteiger charge is 2.20. The Labute approximate surface area is 193 Å². The van der Waals surface area contributed by atoms with E-state index in [1.54, 1.807) is 22.9 Å². The summed E-state index contributed by atoms with van der Waals surface area (Å²) in [6, 6.07) is 14.0. The summed E-state index contributed by atoms with van der Waals surface area (Å²) in [5, 5.41) is 18.7. The lowest BCUT2D eigenvalue weighted by Gasteiger charge is -2.26. The monoisotopic (exact) mass is 447 g/mol. The fraction of sp³-hybridized carbons (Fsp3) is 0.360. The highest BCUT2D eigenvalue weighted by atomic mass is 16.6. The van der Waals surface area contributed by atoms with Gasteiger partial charge in [0.2, 0.25) is 0 Å². The molecule has 0 radical (unpaired) electrons. The lowest BCUT2D eigenvalue weighted by molar-refractivity contribution is -0.384. The fourth-order valence-electron chi connectivity index (χ4n) is 4.27. The number of hydrogen-bond donors (Lipinski definition) is 1. The predicted molar refractivity (Wildman–Crippen MR) is 128 cm³/mol. The molecule has 2 heterocycles. The largest absolute Gasteiger partial charge is 0.349 e. The van der Waals surface area contributed by atoms with Gasteiger partial charge in [-0.1, -0.05) is 24.1 Å². The molecule has 0 atom stereocenters. The maximum Gasteiger partial charge on any atom is 0.270 e. The van der Waals surface area contributed by atoms with E-state index >= 15 is 0 Å². The molecule has 0 unspecified atom stereocenters. The van der Waals surface area contributed by atoms with Gasteiger partial charge >= 0.3 is 0 Å². The van der Waals surface area contributed by atoms with Crippen LogP contribution in [0, 0.1) is 24.0 Å². The number of non-ortho nitro benzene ring substituents is 1. The molecule has 8 heteroatoms. The van der Waals surface area contributed by atoms with Gasteiger partial charge in [0, 0.05) is 30.8 Å². The number of benzene rings is 2. The normalized spacial score (nSPS) is 14.2. The number of aromatic nitrogens is 2. The van der Waals surface area contributed by atoms with Gasteiger partial charge < -0.3 is 10.2 Å². The van der Waals surface area contributed by atoms with E-state index in [1.807, 2.05) is 26.0 Å². The van der Waals surface area contributed by atoms with Crippen molar-refractivity contribution in [2.45, 2.75) is 33.1 Å². The molecule has 1 amide bonds.